The van der Waals surface area contributed by atoms with Gasteiger partial charge in [0.2, 0.25) is 12.3 Å². The first-order valence-electron chi connectivity index (χ1n) is 7.51. The van der Waals surface area contributed by atoms with E-state index in [2.05, 4.69) is 24.4 Å². The standard InChI is InChI=1S/C17H26N2O2/c1-5-15(11-14-9-7-6-8-10-14)19(4)17(21)16(13(2)3)18-12-20/h6-10,12-13,15-16H,5,11H2,1-4H3,(H,18,20)/t15-,16?/m1/s1. The molecule has 1 aromatic carbocycles. The quantitative estimate of drug-likeness (QED) is 0.746. The van der Waals surface area contributed by atoms with Crippen LogP contribution in [0.4, 0.5) is 0 Å². The molecule has 0 saturated carbocycles. The lowest BCUT2D eigenvalue weighted by molar-refractivity contribution is -0.136. The molecule has 4 heteroatoms. The van der Waals surface area contributed by atoms with Gasteiger partial charge in [-0.2, -0.15) is 0 Å². The second-order valence-corrected chi connectivity index (χ2v) is 5.71. The van der Waals surface area contributed by atoms with Crippen molar-refractivity contribution in [2.75, 3.05) is 7.05 Å². The van der Waals surface area contributed by atoms with Gasteiger partial charge >= 0.3 is 0 Å². The summed E-state index contributed by atoms with van der Waals surface area (Å²) >= 11 is 0. The van der Waals surface area contributed by atoms with Crippen molar-refractivity contribution >= 4 is 12.3 Å². The summed E-state index contributed by atoms with van der Waals surface area (Å²) in [4.78, 5) is 25.0. The van der Waals surface area contributed by atoms with E-state index in [1.807, 2.05) is 39.1 Å². The highest BCUT2D eigenvalue weighted by Crippen LogP contribution is 2.14. The first-order chi connectivity index (χ1) is 10.0. The Hall–Kier alpha value is -1.84. The molecule has 2 amide bonds. The lowest BCUT2D eigenvalue weighted by Gasteiger charge is -2.32. The largest absolute Gasteiger partial charge is 0.347 e. The molecule has 0 fully saturated rings. The summed E-state index contributed by atoms with van der Waals surface area (Å²) in [6.07, 6.45) is 2.31. The van der Waals surface area contributed by atoms with Gasteiger partial charge in [0.25, 0.3) is 0 Å². The Kier molecular flexibility index (Phi) is 6.92. The zero-order valence-electron chi connectivity index (χ0n) is 13.4. The molecule has 2 atom stereocenters. The molecule has 1 rings (SSSR count). The van der Waals surface area contributed by atoms with E-state index in [0.29, 0.717) is 6.41 Å². The Morgan fingerprint density at radius 1 is 1.29 bits per heavy atom. The van der Waals surface area contributed by atoms with E-state index in [9.17, 15) is 9.59 Å². The van der Waals surface area contributed by atoms with Gasteiger partial charge in [0.15, 0.2) is 0 Å². The summed E-state index contributed by atoms with van der Waals surface area (Å²) in [5.41, 5.74) is 1.22. The van der Waals surface area contributed by atoms with Crippen LogP contribution >= 0.6 is 0 Å². The molecule has 0 heterocycles. The molecule has 1 N–H and O–H groups in total. The van der Waals surface area contributed by atoms with Crippen LogP contribution in [0.25, 0.3) is 0 Å². The van der Waals surface area contributed by atoms with Crippen LogP contribution in [-0.2, 0) is 16.0 Å². The van der Waals surface area contributed by atoms with E-state index in [1.54, 1.807) is 4.90 Å². The maximum atomic E-state index is 12.6. The molecule has 0 aliphatic carbocycles. The third kappa shape index (κ3) is 4.88. The van der Waals surface area contributed by atoms with Crippen LogP contribution in [0.2, 0.25) is 0 Å². The SMILES string of the molecule is CC[C@H](Cc1ccccc1)N(C)C(=O)C(NC=O)C(C)C. The Balaban J connectivity index is 2.79. The highest BCUT2D eigenvalue weighted by molar-refractivity contribution is 5.84. The van der Waals surface area contributed by atoms with Gasteiger partial charge in [-0.1, -0.05) is 51.1 Å². The van der Waals surface area contributed by atoms with Crippen LogP contribution in [0.5, 0.6) is 0 Å². The minimum absolute atomic E-state index is 0.0279. The number of carbonyl (C=O) groups excluding carboxylic acids is 2. The van der Waals surface area contributed by atoms with Gasteiger partial charge in [0, 0.05) is 13.1 Å². The number of carbonyl (C=O) groups is 2. The van der Waals surface area contributed by atoms with Crippen LogP contribution in [0.15, 0.2) is 30.3 Å². The maximum absolute atomic E-state index is 12.6. The van der Waals surface area contributed by atoms with E-state index in [1.165, 1.54) is 5.56 Å². The van der Waals surface area contributed by atoms with Crippen molar-refractivity contribution in [2.45, 2.75) is 45.7 Å². The van der Waals surface area contributed by atoms with Gasteiger partial charge < -0.3 is 10.2 Å². The lowest BCUT2D eigenvalue weighted by atomic mass is 9.99. The van der Waals surface area contributed by atoms with Crippen LogP contribution in [-0.4, -0.2) is 36.3 Å². The zero-order chi connectivity index (χ0) is 15.8. The van der Waals surface area contributed by atoms with Crippen molar-refractivity contribution in [1.29, 1.82) is 0 Å². The number of benzene rings is 1. The molecule has 0 aliphatic rings. The van der Waals surface area contributed by atoms with Crippen molar-refractivity contribution < 1.29 is 9.59 Å². The van der Waals surface area contributed by atoms with Gasteiger partial charge in [0.05, 0.1) is 0 Å². The Morgan fingerprint density at radius 2 is 1.90 bits per heavy atom. The summed E-state index contributed by atoms with van der Waals surface area (Å²) in [7, 11) is 1.82. The zero-order valence-corrected chi connectivity index (χ0v) is 13.4. The molecular formula is C17H26N2O2. The summed E-state index contributed by atoms with van der Waals surface area (Å²) in [5.74, 6) is 0.0410. The summed E-state index contributed by atoms with van der Waals surface area (Å²) in [6.45, 7) is 5.95. The molecule has 0 aromatic heterocycles. The fraction of sp³-hybridized carbons (Fsp3) is 0.529. The molecule has 116 valence electrons. The van der Waals surface area contributed by atoms with Crippen molar-refractivity contribution in [1.82, 2.24) is 10.2 Å². The second-order valence-electron chi connectivity index (χ2n) is 5.71. The minimum atomic E-state index is -0.461. The predicted molar refractivity (Wildman–Crippen MR) is 84.8 cm³/mol. The molecule has 1 unspecified atom stereocenters. The molecule has 0 radical (unpaired) electrons. The molecule has 0 spiro atoms. The molecule has 0 aliphatic heterocycles. The maximum Gasteiger partial charge on any atom is 0.245 e. The number of nitrogens with one attached hydrogen (secondary N) is 1. The monoisotopic (exact) mass is 290 g/mol. The number of rotatable bonds is 8. The van der Waals surface area contributed by atoms with Crippen molar-refractivity contribution in [3.8, 4) is 0 Å². The van der Waals surface area contributed by atoms with Crippen LogP contribution < -0.4 is 5.32 Å². The van der Waals surface area contributed by atoms with E-state index in [0.717, 1.165) is 12.8 Å². The van der Waals surface area contributed by atoms with Crippen LogP contribution in [0.3, 0.4) is 0 Å². The molecule has 0 bridgehead atoms. The van der Waals surface area contributed by atoms with Crippen LogP contribution in [0.1, 0.15) is 32.8 Å². The second kappa shape index (κ2) is 8.45. The molecule has 0 saturated heterocycles. The van der Waals surface area contributed by atoms with E-state index < -0.39 is 6.04 Å². The molecule has 4 nitrogen and oxygen atoms in total. The molecule has 1 aromatic rings. The van der Waals surface area contributed by atoms with E-state index in [-0.39, 0.29) is 17.9 Å². The predicted octanol–water partition coefficient (Wildman–Crippen LogP) is 2.24. The number of hydrogen-bond acceptors (Lipinski definition) is 2. The Morgan fingerprint density at radius 3 is 2.38 bits per heavy atom. The number of hydrogen-bond donors (Lipinski definition) is 1. The average Bonchev–Trinajstić information content (AvgIpc) is 2.49. The third-order valence-corrected chi connectivity index (χ3v) is 3.86. The van der Waals surface area contributed by atoms with Crippen molar-refractivity contribution in [2.24, 2.45) is 5.92 Å². The third-order valence-electron chi connectivity index (χ3n) is 3.86. The fourth-order valence-corrected chi connectivity index (χ4v) is 2.46. The first kappa shape index (κ1) is 17.2. The highest BCUT2D eigenvalue weighted by Gasteiger charge is 2.28. The molecule has 21 heavy (non-hydrogen) atoms. The van der Waals surface area contributed by atoms with Gasteiger partial charge in [-0.15, -0.1) is 0 Å². The van der Waals surface area contributed by atoms with E-state index >= 15 is 0 Å². The lowest BCUT2D eigenvalue weighted by Crippen LogP contribution is -2.51. The van der Waals surface area contributed by atoms with Crippen molar-refractivity contribution in [3.63, 3.8) is 0 Å². The average molecular weight is 290 g/mol. The van der Waals surface area contributed by atoms with Gasteiger partial charge in [-0.25, -0.2) is 0 Å². The Bertz CT molecular complexity index is 445. The summed E-state index contributed by atoms with van der Waals surface area (Å²) < 4.78 is 0. The smallest absolute Gasteiger partial charge is 0.245 e. The number of likely N-dealkylation sites (N-methyl/N-ethyl adjacent to an activating group) is 1. The topological polar surface area (TPSA) is 49.4 Å². The number of amides is 2. The van der Waals surface area contributed by atoms with Gasteiger partial charge in [-0.05, 0) is 24.3 Å². The minimum Gasteiger partial charge on any atom is -0.347 e. The van der Waals surface area contributed by atoms with Crippen LogP contribution in [0, 0.1) is 5.92 Å². The summed E-state index contributed by atoms with van der Waals surface area (Å²) in [5, 5.41) is 2.63. The summed E-state index contributed by atoms with van der Waals surface area (Å²) in [6, 6.07) is 9.83. The normalized spacial score (nSPS) is 13.6. The van der Waals surface area contributed by atoms with Gasteiger partial charge in [-0.3, -0.25) is 9.59 Å². The Labute approximate surface area is 127 Å². The first-order valence-corrected chi connectivity index (χ1v) is 7.51. The van der Waals surface area contributed by atoms with E-state index in [4.69, 9.17) is 0 Å². The van der Waals surface area contributed by atoms with Gasteiger partial charge in [0.1, 0.15) is 6.04 Å². The molecular weight excluding hydrogens is 264 g/mol. The highest BCUT2D eigenvalue weighted by atomic mass is 16.2. The fourth-order valence-electron chi connectivity index (χ4n) is 2.46. The van der Waals surface area contributed by atoms with Crippen molar-refractivity contribution in [3.05, 3.63) is 35.9 Å². The number of nitrogens with zero attached hydrogens (tertiary/aromatic N) is 1.